The molecule has 2 saturated heterocycles. The quantitative estimate of drug-likeness (QED) is 0.606. The molecule has 4 atom stereocenters. The van der Waals surface area contributed by atoms with Gasteiger partial charge in [-0.3, -0.25) is 19.7 Å². The number of benzene rings is 2. The Hall–Kier alpha value is -2.56. The number of hydrogen-bond donors (Lipinski definition) is 2. The van der Waals surface area contributed by atoms with Crippen molar-refractivity contribution >= 4 is 33.4 Å². The molecule has 1 amide bonds. The van der Waals surface area contributed by atoms with Crippen LogP contribution in [-0.4, -0.2) is 42.9 Å². The maximum Gasteiger partial charge on any atom is 0.416 e. The van der Waals surface area contributed by atoms with Gasteiger partial charge in [-0.2, -0.15) is 13.2 Å². The molecule has 2 aliphatic heterocycles. The predicted molar refractivity (Wildman–Crippen MR) is 115 cm³/mol. The lowest BCUT2D eigenvalue weighted by Gasteiger charge is -2.23. The number of Topliss-reactive ketones (excluding diaryl/α,β-unsaturated/α-hetero) is 2. The SMILES string of the molecule is O=C(NC(Cc1ccc(Br)cc1)C(=O)C1CNC2OCC(=O)C21)c1ccc(C(F)(F)F)cc1. The van der Waals surface area contributed by atoms with Crippen molar-refractivity contribution in [3.05, 3.63) is 69.7 Å². The Labute approximate surface area is 196 Å². The van der Waals surface area contributed by atoms with Crippen LogP contribution < -0.4 is 10.6 Å². The number of carbonyl (C=O) groups excluding carboxylic acids is 3. The van der Waals surface area contributed by atoms with Crippen LogP contribution in [0, 0.1) is 11.8 Å². The maximum absolute atomic E-state index is 13.4. The lowest BCUT2D eigenvalue weighted by molar-refractivity contribution is -0.137. The highest BCUT2D eigenvalue weighted by Gasteiger charge is 2.50. The fraction of sp³-hybridized carbons (Fsp3) is 0.348. The Morgan fingerprint density at radius 2 is 1.79 bits per heavy atom. The molecule has 0 aromatic heterocycles. The highest BCUT2D eigenvalue weighted by molar-refractivity contribution is 9.10. The smallest absolute Gasteiger partial charge is 0.355 e. The van der Waals surface area contributed by atoms with Gasteiger partial charge in [0.1, 0.15) is 12.8 Å². The molecule has 0 aliphatic carbocycles. The molecule has 174 valence electrons. The van der Waals surface area contributed by atoms with Gasteiger partial charge in [0.2, 0.25) is 0 Å². The van der Waals surface area contributed by atoms with E-state index in [0.29, 0.717) is 0 Å². The fourth-order valence-electron chi connectivity index (χ4n) is 4.20. The third-order valence-corrected chi connectivity index (χ3v) is 6.45. The summed E-state index contributed by atoms with van der Waals surface area (Å²) in [6, 6.07) is 10.0. The van der Waals surface area contributed by atoms with Crippen LogP contribution in [0.4, 0.5) is 13.2 Å². The third kappa shape index (κ3) is 5.18. The molecule has 4 rings (SSSR count). The van der Waals surface area contributed by atoms with E-state index in [2.05, 4.69) is 26.6 Å². The van der Waals surface area contributed by atoms with Gasteiger partial charge in [0.25, 0.3) is 5.91 Å². The fourth-order valence-corrected chi connectivity index (χ4v) is 4.46. The monoisotopic (exact) mass is 524 g/mol. The van der Waals surface area contributed by atoms with Crippen molar-refractivity contribution < 1.29 is 32.3 Å². The molecular weight excluding hydrogens is 505 g/mol. The zero-order valence-corrected chi connectivity index (χ0v) is 18.8. The second-order valence-electron chi connectivity index (χ2n) is 8.07. The molecule has 2 aliphatic rings. The number of fused-ring (bicyclic) bond motifs is 1. The van der Waals surface area contributed by atoms with Crippen LogP contribution in [0.15, 0.2) is 53.0 Å². The molecule has 0 bridgehead atoms. The Morgan fingerprint density at radius 1 is 1.12 bits per heavy atom. The standard InChI is InChI=1S/C23H20BrF3N2O4/c24-15-7-1-12(2-8-15)9-17(20(31)16-10-28-22-19(16)18(30)11-33-22)29-21(32)13-3-5-14(6-4-13)23(25,26)27/h1-8,16-17,19,22,28H,9-11H2,(H,29,32). The zero-order valence-electron chi connectivity index (χ0n) is 17.2. The van der Waals surface area contributed by atoms with Crippen molar-refractivity contribution in [1.29, 1.82) is 0 Å². The number of ether oxygens (including phenoxy) is 1. The van der Waals surface area contributed by atoms with Crippen LogP contribution in [-0.2, 0) is 26.9 Å². The Kier molecular flexibility index (Phi) is 6.69. The van der Waals surface area contributed by atoms with E-state index < -0.39 is 41.8 Å². The van der Waals surface area contributed by atoms with Gasteiger partial charge in [-0.15, -0.1) is 0 Å². The van der Waals surface area contributed by atoms with Crippen molar-refractivity contribution in [2.75, 3.05) is 13.2 Å². The second kappa shape index (κ2) is 9.36. The molecule has 2 N–H and O–H groups in total. The molecule has 2 aromatic rings. The summed E-state index contributed by atoms with van der Waals surface area (Å²) in [4.78, 5) is 38.5. The largest absolute Gasteiger partial charge is 0.416 e. The van der Waals surface area contributed by atoms with Gasteiger partial charge in [-0.1, -0.05) is 28.1 Å². The molecular formula is C23H20BrF3N2O4. The Bertz CT molecular complexity index is 1060. The highest BCUT2D eigenvalue weighted by atomic mass is 79.9. The van der Waals surface area contributed by atoms with Crippen LogP contribution in [0.5, 0.6) is 0 Å². The number of amides is 1. The van der Waals surface area contributed by atoms with Crippen LogP contribution in [0.25, 0.3) is 0 Å². The van der Waals surface area contributed by atoms with Crippen molar-refractivity contribution in [2.45, 2.75) is 24.9 Å². The van der Waals surface area contributed by atoms with E-state index in [1.807, 2.05) is 0 Å². The maximum atomic E-state index is 13.4. The van der Waals surface area contributed by atoms with Crippen molar-refractivity contribution in [1.82, 2.24) is 10.6 Å². The molecule has 0 saturated carbocycles. The summed E-state index contributed by atoms with van der Waals surface area (Å²) in [6.45, 7) is 0.175. The normalized spacial score (nSPS) is 23.3. The van der Waals surface area contributed by atoms with E-state index in [1.54, 1.807) is 24.3 Å². The minimum atomic E-state index is -4.52. The number of carbonyl (C=O) groups is 3. The van der Waals surface area contributed by atoms with Crippen LogP contribution in [0.3, 0.4) is 0 Å². The van der Waals surface area contributed by atoms with E-state index in [0.717, 1.165) is 34.3 Å². The van der Waals surface area contributed by atoms with Gasteiger partial charge in [-0.25, -0.2) is 0 Å². The first-order valence-electron chi connectivity index (χ1n) is 10.3. The van der Waals surface area contributed by atoms with Gasteiger partial charge < -0.3 is 10.1 Å². The number of ketones is 2. The molecule has 6 nitrogen and oxygen atoms in total. The van der Waals surface area contributed by atoms with E-state index in [1.165, 1.54) is 0 Å². The van der Waals surface area contributed by atoms with E-state index in [9.17, 15) is 27.6 Å². The summed E-state index contributed by atoms with van der Waals surface area (Å²) in [5, 5.41) is 5.69. The third-order valence-electron chi connectivity index (χ3n) is 5.92. The molecule has 33 heavy (non-hydrogen) atoms. The molecule has 0 spiro atoms. The summed E-state index contributed by atoms with van der Waals surface area (Å²) in [5.41, 5.74) is -0.0931. The minimum absolute atomic E-state index is 0.000643. The van der Waals surface area contributed by atoms with E-state index in [4.69, 9.17) is 4.74 Å². The summed E-state index contributed by atoms with van der Waals surface area (Å²) in [5.74, 6) is -2.45. The number of nitrogens with one attached hydrogen (secondary N) is 2. The van der Waals surface area contributed by atoms with Gasteiger partial charge >= 0.3 is 6.18 Å². The topological polar surface area (TPSA) is 84.5 Å². The van der Waals surface area contributed by atoms with E-state index in [-0.39, 0.29) is 36.7 Å². The van der Waals surface area contributed by atoms with Crippen molar-refractivity contribution in [2.24, 2.45) is 11.8 Å². The van der Waals surface area contributed by atoms with Crippen LogP contribution in [0.2, 0.25) is 0 Å². The molecule has 10 heteroatoms. The summed E-state index contributed by atoms with van der Waals surface area (Å²) < 4.78 is 44.7. The Balaban J connectivity index is 1.56. The van der Waals surface area contributed by atoms with Gasteiger partial charge in [-0.05, 0) is 48.4 Å². The minimum Gasteiger partial charge on any atom is -0.355 e. The average Bonchev–Trinajstić information content (AvgIpc) is 3.37. The average molecular weight is 525 g/mol. The van der Waals surface area contributed by atoms with Crippen LogP contribution in [0.1, 0.15) is 21.5 Å². The zero-order chi connectivity index (χ0) is 23.8. The molecule has 2 heterocycles. The summed E-state index contributed by atoms with van der Waals surface area (Å²) >= 11 is 3.35. The van der Waals surface area contributed by atoms with Crippen molar-refractivity contribution in [3.8, 4) is 0 Å². The number of alkyl halides is 3. The number of rotatable bonds is 6. The first-order chi connectivity index (χ1) is 15.6. The van der Waals surface area contributed by atoms with Crippen molar-refractivity contribution in [3.63, 3.8) is 0 Å². The van der Waals surface area contributed by atoms with Gasteiger partial charge in [0.15, 0.2) is 11.6 Å². The predicted octanol–water partition coefficient (Wildman–Crippen LogP) is 3.14. The summed E-state index contributed by atoms with van der Waals surface area (Å²) in [6.07, 6.45) is -4.87. The van der Waals surface area contributed by atoms with E-state index >= 15 is 0 Å². The molecule has 4 unspecified atom stereocenters. The summed E-state index contributed by atoms with van der Waals surface area (Å²) in [7, 11) is 0. The number of hydrogen-bond acceptors (Lipinski definition) is 5. The first-order valence-corrected chi connectivity index (χ1v) is 11.1. The van der Waals surface area contributed by atoms with Crippen LogP contribution >= 0.6 is 15.9 Å². The molecule has 0 radical (unpaired) electrons. The first kappa shape index (κ1) is 23.6. The second-order valence-corrected chi connectivity index (χ2v) is 8.99. The highest BCUT2D eigenvalue weighted by Crippen LogP contribution is 2.32. The molecule has 2 aromatic carbocycles. The number of halogens is 4. The van der Waals surface area contributed by atoms with Gasteiger partial charge in [0.05, 0.1) is 17.5 Å². The lowest BCUT2D eigenvalue weighted by Crippen LogP contribution is -2.47. The Morgan fingerprint density at radius 3 is 2.42 bits per heavy atom. The lowest BCUT2D eigenvalue weighted by atomic mass is 9.84. The van der Waals surface area contributed by atoms with Gasteiger partial charge in [0, 0.05) is 22.5 Å². The molecule has 2 fully saturated rings.